The fraction of sp³-hybridized carbons (Fsp3) is 0.273. The third kappa shape index (κ3) is 3.09. The summed E-state index contributed by atoms with van der Waals surface area (Å²) >= 11 is 0. The number of carbonyl (C=O) groups excluding carboxylic acids is 2. The van der Waals surface area contributed by atoms with Gasteiger partial charge in [-0.2, -0.15) is 0 Å². The molecule has 0 radical (unpaired) electrons. The third-order valence-corrected chi connectivity index (χ3v) is 5.52. The summed E-state index contributed by atoms with van der Waals surface area (Å²) in [6, 6.07) is 12.3. The second-order valence-corrected chi connectivity index (χ2v) is 7.21. The van der Waals surface area contributed by atoms with Crippen molar-refractivity contribution in [2.45, 2.75) is 32.1 Å². The zero-order valence-corrected chi connectivity index (χ0v) is 15.3. The molecule has 2 amide bonds. The monoisotopic (exact) mass is 382 g/mol. The van der Waals surface area contributed by atoms with Crippen molar-refractivity contribution in [2.75, 3.05) is 10.2 Å². The first-order valence-electron chi connectivity index (χ1n) is 9.36. The number of amides is 2. The molecule has 1 heterocycles. The lowest BCUT2D eigenvalue weighted by molar-refractivity contribution is -0.128. The maximum absolute atomic E-state index is 14.1. The number of halogens is 2. The zero-order valence-electron chi connectivity index (χ0n) is 15.3. The van der Waals surface area contributed by atoms with E-state index in [-0.39, 0.29) is 23.9 Å². The van der Waals surface area contributed by atoms with Crippen molar-refractivity contribution >= 4 is 23.2 Å². The van der Waals surface area contributed by atoms with Gasteiger partial charge in [-0.25, -0.2) is 8.78 Å². The van der Waals surface area contributed by atoms with E-state index in [1.54, 1.807) is 4.90 Å². The number of nitrogens with zero attached hydrogens (tertiary/aromatic N) is 1. The van der Waals surface area contributed by atoms with Crippen LogP contribution in [0.3, 0.4) is 0 Å². The fourth-order valence-electron chi connectivity index (χ4n) is 4.13. The number of fused-ring (bicyclic) bond motifs is 1. The van der Waals surface area contributed by atoms with Crippen LogP contribution in [0.25, 0.3) is 0 Å². The minimum Gasteiger partial charge on any atom is -0.323 e. The number of anilines is 2. The molecule has 0 bridgehead atoms. The van der Waals surface area contributed by atoms with Crippen molar-refractivity contribution < 1.29 is 18.4 Å². The maximum Gasteiger partial charge on any atom is 0.236 e. The molecule has 0 saturated carbocycles. The summed E-state index contributed by atoms with van der Waals surface area (Å²) in [6.45, 7) is 0. The van der Waals surface area contributed by atoms with Crippen molar-refractivity contribution in [3.63, 3.8) is 0 Å². The summed E-state index contributed by atoms with van der Waals surface area (Å²) < 4.78 is 27.3. The molecule has 1 aliphatic carbocycles. The molecule has 4 rings (SSSR count). The van der Waals surface area contributed by atoms with Crippen LogP contribution in [-0.2, 0) is 9.59 Å². The smallest absolute Gasteiger partial charge is 0.236 e. The number of carbonyl (C=O) groups is 2. The zero-order chi connectivity index (χ0) is 19.7. The number of nitrogens with one attached hydrogen (secondary N) is 1. The van der Waals surface area contributed by atoms with Gasteiger partial charge in [0.05, 0.1) is 11.1 Å². The maximum atomic E-state index is 14.1. The van der Waals surface area contributed by atoms with Crippen LogP contribution in [0.1, 0.15) is 32.1 Å². The highest BCUT2D eigenvalue weighted by Crippen LogP contribution is 2.48. The van der Waals surface area contributed by atoms with Crippen molar-refractivity contribution in [3.8, 4) is 0 Å². The van der Waals surface area contributed by atoms with Gasteiger partial charge in [0.1, 0.15) is 11.6 Å². The molecule has 1 N–H and O–H groups in total. The van der Waals surface area contributed by atoms with E-state index in [1.807, 2.05) is 36.4 Å². The summed E-state index contributed by atoms with van der Waals surface area (Å²) in [5.74, 6) is -1.95. The van der Waals surface area contributed by atoms with Crippen molar-refractivity contribution in [2.24, 2.45) is 5.41 Å². The van der Waals surface area contributed by atoms with Crippen LogP contribution in [0.15, 0.2) is 60.3 Å². The molecule has 2 aliphatic rings. The van der Waals surface area contributed by atoms with E-state index in [0.717, 1.165) is 25.0 Å². The number of para-hydroxylation sites is 1. The molecular weight excluding hydrogens is 362 g/mol. The number of hydrogen-bond acceptors (Lipinski definition) is 2. The summed E-state index contributed by atoms with van der Waals surface area (Å²) in [6.07, 6.45) is 4.69. The highest BCUT2D eigenvalue weighted by atomic mass is 19.1. The van der Waals surface area contributed by atoms with Crippen LogP contribution in [-0.4, -0.2) is 11.8 Å². The average Bonchev–Trinajstić information content (AvgIpc) is 2.70. The molecule has 1 atom stereocenters. The third-order valence-electron chi connectivity index (χ3n) is 5.52. The minimum atomic E-state index is -0.914. The Balaban J connectivity index is 1.71. The summed E-state index contributed by atoms with van der Waals surface area (Å²) in [7, 11) is 0. The van der Waals surface area contributed by atoms with Crippen LogP contribution in [0.4, 0.5) is 20.2 Å². The summed E-state index contributed by atoms with van der Waals surface area (Å²) in [5, 5.41) is 2.62. The lowest BCUT2D eigenvalue weighted by Crippen LogP contribution is -2.51. The summed E-state index contributed by atoms with van der Waals surface area (Å²) in [5.41, 5.74) is 0.392. The summed E-state index contributed by atoms with van der Waals surface area (Å²) in [4.78, 5) is 27.6. The molecule has 144 valence electrons. The number of benzene rings is 2. The Kier molecular flexibility index (Phi) is 4.71. The molecule has 28 heavy (non-hydrogen) atoms. The van der Waals surface area contributed by atoms with Crippen LogP contribution < -0.4 is 10.2 Å². The number of hydrogen-bond donors (Lipinski definition) is 1. The quantitative estimate of drug-likeness (QED) is 0.830. The number of rotatable bonds is 3. The van der Waals surface area contributed by atoms with Gasteiger partial charge in [0, 0.05) is 23.9 Å². The normalized spacial score (nSPS) is 21.7. The van der Waals surface area contributed by atoms with E-state index in [2.05, 4.69) is 5.32 Å². The molecule has 1 fully saturated rings. The Bertz CT molecular complexity index is 958. The van der Waals surface area contributed by atoms with Crippen LogP contribution in [0.2, 0.25) is 0 Å². The Morgan fingerprint density at radius 3 is 2.61 bits per heavy atom. The number of piperidine rings is 1. The van der Waals surface area contributed by atoms with E-state index < -0.39 is 17.0 Å². The first kappa shape index (κ1) is 18.3. The second-order valence-electron chi connectivity index (χ2n) is 7.21. The topological polar surface area (TPSA) is 49.4 Å². The fourth-order valence-corrected chi connectivity index (χ4v) is 4.13. The Labute approximate surface area is 161 Å². The largest absolute Gasteiger partial charge is 0.323 e. The molecule has 1 unspecified atom stereocenters. The highest BCUT2D eigenvalue weighted by molar-refractivity contribution is 6.05. The Hall–Kier alpha value is -3.02. The van der Waals surface area contributed by atoms with E-state index in [4.69, 9.17) is 0 Å². The molecule has 2 aromatic carbocycles. The van der Waals surface area contributed by atoms with Crippen molar-refractivity contribution in [1.82, 2.24) is 0 Å². The van der Waals surface area contributed by atoms with Gasteiger partial charge in [0.2, 0.25) is 11.8 Å². The lowest BCUT2D eigenvalue weighted by Gasteiger charge is -2.45. The Morgan fingerprint density at radius 2 is 1.86 bits per heavy atom. The van der Waals surface area contributed by atoms with Gasteiger partial charge in [-0.1, -0.05) is 24.3 Å². The van der Waals surface area contributed by atoms with E-state index in [0.29, 0.717) is 24.2 Å². The minimum absolute atomic E-state index is 0.0595. The molecular formula is C22H20F2N2O2. The lowest BCUT2D eigenvalue weighted by atomic mass is 9.69. The molecule has 0 aromatic heterocycles. The number of allylic oxidation sites excluding steroid dienone is 1. The second kappa shape index (κ2) is 7.19. The Morgan fingerprint density at radius 1 is 1.07 bits per heavy atom. The molecule has 4 nitrogen and oxygen atoms in total. The van der Waals surface area contributed by atoms with Gasteiger partial charge in [0.15, 0.2) is 0 Å². The standard InChI is InChI=1S/C22H20F2N2O2/c23-15-9-10-18(17(24)14-15)25-21(28)22-12-5-4-8-19(22)26(20(27)11-13-22)16-6-2-1-3-7-16/h1-3,6-10,14H,4-5,11-13H2,(H,25,28). The SMILES string of the molecule is O=C1CCC2(C(=O)Nc3ccc(F)cc3F)CCCC=C2N1c1ccccc1. The molecule has 6 heteroatoms. The van der Waals surface area contributed by atoms with E-state index in [1.165, 1.54) is 6.07 Å². The molecule has 2 aromatic rings. The van der Waals surface area contributed by atoms with Gasteiger partial charge < -0.3 is 5.32 Å². The average molecular weight is 382 g/mol. The van der Waals surface area contributed by atoms with E-state index >= 15 is 0 Å². The van der Waals surface area contributed by atoms with Gasteiger partial charge in [-0.05, 0) is 49.9 Å². The van der Waals surface area contributed by atoms with Crippen molar-refractivity contribution in [1.29, 1.82) is 0 Å². The predicted molar refractivity (Wildman–Crippen MR) is 103 cm³/mol. The van der Waals surface area contributed by atoms with Gasteiger partial charge >= 0.3 is 0 Å². The van der Waals surface area contributed by atoms with Crippen LogP contribution in [0.5, 0.6) is 0 Å². The predicted octanol–water partition coefficient (Wildman–Crippen LogP) is 4.78. The first-order chi connectivity index (χ1) is 13.5. The van der Waals surface area contributed by atoms with Gasteiger partial charge in [-0.3, -0.25) is 14.5 Å². The molecule has 1 aliphatic heterocycles. The van der Waals surface area contributed by atoms with Crippen LogP contribution in [0, 0.1) is 17.0 Å². The van der Waals surface area contributed by atoms with Gasteiger partial charge in [0.25, 0.3) is 0 Å². The van der Waals surface area contributed by atoms with Gasteiger partial charge in [-0.15, -0.1) is 0 Å². The molecule has 0 spiro atoms. The van der Waals surface area contributed by atoms with Crippen molar-refractivity contribution in [3.05, 3.63) is 71.9 Å². The molecule has 1 saturated heterocycles. The first-order valence-corrected chi connectivity index (χ1v) is 9.36. The van der Waals surface area contributed by atoms with E-state index in [9.17, 15) is 18.4 Å². The van der Waals surface area contributed by atoms with Crippen LogP contribution >= 0.6 is 0 Å². The highest BCUT2D eigenvalue weighted by Gasteiger charge is 2.50.